The maximum absolute atomic E-state index is 14.2. The summed E-state index contributed by atoms with van der Waals surface area (Å²) in [7, 11) is -14.4. The maximum Gasteiger partial charge on any atom is 0.501 e. The van der Waals surface area contributed by atoms with Gasteiger partial charge in [-0.2, -0.15) is 13.2 Å². The van der Waals surface area contributed by atoms with Crippen LogP contribution in [0.3, 0.4) is 0 Å². The summed E-state index contributed by atoms with van der Waals surface area (Å²) in [6.07, 6.45) is 0.627. The Balaban J connectivity index is 1.05. The van der Waals surface area contributed by atoms with E-state index in [2.05, 4.69) is 10.2 Å². The van der Waals surface area contributed by atoms with Crippen molar-refractivity contribution in [2.45, 2.75) is 51.6 Å². The predicted octanol–water partition coefficient (Wildman–Crippen LogP) is 9.44. The van der Waals surface area contributed by atoms with Crippen molar-refractivity contribution in [1.29, 1.82) is 0 Å². The second kappa shape index (κ2) is 22.7. The highest BCUT2D eigenvalue weighted by Crippen LogP contribution is 2.52. The summed E-state index contributed by atoms with van der Waals surface area (Å²) in [6, 6.07) is 31.7. The molecule has 14 nitrogen and oxygen atoms in total. The van der Waals surface area contributed by atoms with E-state index in [1.165, 1.54) is 23.9 Å². The Bertz CT molecular complexity index is 2820. The van der Waals surface area contributed by atoms with Gasteiger partial charge in [-0.25, -0.2) is 26.1 Å². The number of sulfone groups is 1. The Morgan fingerprint density at radius 2 is 1.55 bits per heavy atom. The van der Waals surface area contributed by atoms with Gasteiger partial charge in [-0.05, 0) is 109 Å². The monoisotopic (exact) mass is 1050 g/mol. The number of carbonyl (C=O) groups is 1. The molecule has 0 aromatic heterocycles. The number of alkyl halides is 3. The molecule has 0 bridgehead atoms. The number of phosphoric acid groups is 1. The lowest BCUT2D eigenvalue weighted by atomic mass is 9.84. The highest BCUT2D eigenvalue weighted by Gasteiger charge is 2.48. The lowest BCUT2D eigenvalue weighted by Crippen LogP contribution is -2.39. The highest BCUT2D eigenvalue weighted by atomic mass is 35.5. The summed E-state index contributed by atoms with van der Waals surface area (Å²) < 4.78 is 127. The van der Waals surface area contributed by atoms with Crippen LogP contribution >= 0.6 is 31.2 Å². The molecule has 5 aromatic carbocycles. The third-order valence-electron chi connectivity index (χ3n) is 11.9. The first-order chi connectivity index (χ1) is 32.8. The van der Waals surface area contributed by atoms with Gasteiger partial charge in [0.15, 0.2) is 0 Å². The molecule has 370 valence electrons. The molecule has 5 aromatic rings. The molecular weight excluding hydrogens is 1000 g/mol. The lowest BCUT2D eigenvalue weighted by molar-refractivity contribution is -0.0436. The number of nitrogens with one attached hydrogen (secondary N) is 2. The average molecular weight is 1050 g/mol. The van der Waals surface area contributed by atoms with Crippen molar-refractivity contribution >= 4 is 68.3 Å². The van der Waals surface area contributed by atoms with E-state index in [4.69, 9.17) is 25.4 Å². The Morgan fingerprint density at radius 1 is 0.899 bits per heavy atom. The molecule has 22 heteroatoms. The maximum atomic E-state index is 14.2. The van der Waals surface area contributed by atoms with E-state index in [9.17, 15) is 44.3 Å². The number of morpholine rings is 1. The normalized spacial score (nSPS) is 17.2. The number of benzene rings is 5. The van der Waals surface area contributed by atoms with Gasteiger partial charge in [-0.3, -0.25) is 18.7 Å². The molecule has 1 amide bonds. The highest BCUT2D eigenvalue weighted by molar-refractivity contribution is 7.99. The quantitative estimate of drug-likeness (QED) is 0.0526. The molecule has 3 atom stereocenters. The van der Waals surface area contributed by atoms with E-state index >= 15 is 0 Å². The fraction of sp³-hybridized carbons (Fsp3) is 0.340. The molecule has 2 saturated heterocycles. The molecule has 69 heavy (non-hydrogen) atoms. The number of anilines is 2. The minimum absolute atomic E-state index is 0.0943. The number of sulfonamides is 1. The second-order valence-corrected chi connectivity index (χ2v) is 23.0. The minimum atomic E-state index is -6.10. The minimum Gasteiger partial charge on any atom is -0.380 e. The number of thioether (sulfide) groups is 1. The summed E-state index contributed by atoms with van der Waals surface area (Å²) in [4.78, 5) is 26.8. The van der Waals surface area contributed by atoms with Crippen molar-refractivity contribution in [2.75, 3.05) is 69.0 Å². The van der Waals surface area contributed by atoms with Gasteiger partial charge in [0.2, 0.25) is 0 Å². The molecular formula is C47H51ClF3N4O10PS3. The van der Waals surface area contributed by atoms with Gasteiger partial charge in [-0.1, -0.05) is 66.2 Å². The molecule has 7 rings (SSSR count). The van der Waals surface area contributed by atoms with Crippen molar-refractivity contribution in [1.82, 2.24) is 9.62 Å². The Morgan fingerprint density at radius 3 is 2.20 bits per heavy atom. The molecule has 0 aliphatic carbocycles. The number of ether oxygens (including phenoxy) is 1. The number of carbonyl (C=O) groups excluding carboxylic acids is 1. The summed E-state index contributed by atoms with van der Waals surface area (Å²) in [5, 5.41) is 3.52. The fourth-order valence-corrected chi connectivity index (χ4v) is 12.0. The SMILES string of the molecule is COP(=O)(O)O[C@H](c1ccccc1-c1ccc(Cl)cc1)C1CCN(c2ccc(C(=O)NS(=O)(=O)c3ccc(N[C@@H](CCN4CCOCC4)CSc4ccccc4)c(S(=O)(=O)C(F)(F)F)c3)cc2)CC1. The van der Waals surface area contributed by atoms with E-state index in [-0.39, 0.29) is 11.5 Å². The molecule has 2 heterocycles. The molecule has 3 N–H and O–H groups in total. The number of hydrogen-bond acceptors (Lipinski definition) is 13. The predicted molar refractivity (Wildman–Crippen MR) is 260 cm³/mol. The molecule has 2 fully saturated rings. The van der Waals surface area contributed by atoms with Gasteiger partial charge >= 0.3 is 13.3 Å². The van der Waals surface area contributed by atoms with E-state index in [0.29, 0.717) is 93.3 Å². The van der Waals surface area contributed by atoms with Crippen LogP contribution in [0.25, 0.3) is 11.1 Å². The zero-order valence-electron chi connectivity index (χ0n) is 37.3. The molecule has 2 aliphatic heterocycles. The molecule has 0 spiro atoms. The van der Waals surface area contributed by atoms with E-state index in [1.807, 2.05) is 76.4 Å². The number of rotatable bonds is 19. The number of phosphoric ester groups is 1. The van der Waals surface area contributed by atoms with Crippen LogP contribution in [0, 0.1) is 5.92 Å². The molecule has 0 radical (unpaired) electrons. The Labute approximate surface area is 409 Å². The van der Waals surface area contributed by atoms with E-state index in [1.54, 1.807) is 24.3 Å². The second-order valence-electron chi connectivity index (χ2n) is 16.4. The van der Waals surface area contributed by atoms with Gasteiger partial charge in [-0.15, -0.1) is 11.8 Å². The first kappa shape index (κ1) is 52.4. The summed E-state index contributed by atoms with van der Waals surface area (Å²) in [5.74, 6) is -0.986. The van der Waals surface area contributed by atoms with E-state index in [0.717, 1.165) is 35.3 Å². The number of hydrogen-bond donors (Lipinski definition) is 3. The first-order valence-corrected chi connectivity index (χ1v) is 27.7. The summed E-state index contributed by atoms with van der Waals surface area (Å²) >= 11 is 7.57. The van der Waals surface area contributed by atoms with E-state index < -0.39 is 66.7 Å². The van der Waals surface area contributed by atoms with Crippen LogP contribution in [0.5, 0.6) is 0 Å². The van der Waals surface area contributed by atoms with Crippen molar-refractivity contribution in [2.24, 2.45) is 5.92 Å². The number of piperidine rings is 1. The Hall–Kier alpha value is -4.47. The number of halogens is 4. The van der Waals surface area contributed by atoms with Gasteiger partial charge < -0.3 is 19.8 Å². The first-order valence-electron chi connectivity index (χ1n) is 21.9. The lowest BCUT2D eigenvalue weighted by Gasteiger charge is -2.38. The van der Waals surface area contributed by atoms with Crippen LogP contribution in [0.2, 0.25) is 5.02 Å². The summed E-state index contributed by atoms with van der Waals surface area (Å²) in [6.45, 7) is 3.86. The Kier molecular flexibility index (Phi) is 17.3. The summed E-state index contributed by atoms with van der Waals surface area (Å²) in [5.41, 5.74) is -3.30. The van der Waals surface area contributed by atoms with Crippen LogP contribution in [0.4, 0.5) is 24.5 Å². The molecule has 2 aliphatic rings. The topological polar surface area (TPSA) is 181 Å². The standard InChI is InChI=1S/C47H51ClF3N4O10PS3/c1-63-66(57,58)65-45(42-10-6-5-9-41(42)33-11-15-36(48)16-12-33)34-21-25-55(26-22-34)38-17-13-35(14-18-38)46(56)53-69(61,62)40-19-20-43(44(31-40)68(59,60)47(49,50)51)52-37(23-24-54-27-29-64-30-28-54)32-67-39-7-3-2-4-8-39/h2-20,31,34,37,45,52H,21-30,32H2,1H3,(H,53,56)(H,57,58)/t37-,45-/m0/s1. The van der Waals surface area contributed by atoms with Crippen LogP contribution in [-0.4, -0.2) is 103 Å². The average Bonchev–Trinajstić information content (AvgIpc) is 3.34. The van der Waals surface area contributed by atoms with Crippen molar-refractivity contribution < 1.29 is 58.0 Å². The van der Waals surface area contributed by atoms with Crippen LogP contribution in [0.1, 0.15) is 41.3 Å². The fourth-order valence-electron chi connectivity index (χ4n) is 8.17. The zero-order chi connectivity index (χ0) is 49.4. The van der Waals surface area contributed by atoms with Crippen LogP contribution in [-0.2, 0) is 38.2 Å². The largest absolute Gasteiger partial charge is 0.501 e. The van der Waals surface area contributed by atoms with Gasteiger partial charge in [0.1, 0.15) is 4.90 Å². The number of nitrogens with zero attached hydrogens (tertiary/aromatic N) is 2. The smallest absolute Gasteiger partial charge is 0.380 e. The van der Waals surface area contributed by atoms with Crippen molar-refractivity contribution in [3.8, 4) is 11.1 Å². The van der Waals surface area contributed by atoms with Gasteiger partial charge in [0.25, 0.3) is 25.8 Å². The van der Waals surface area contributed by atoms with Crippen LogP contribution in [0.15, 0.2) is 136 Å². The van der Waals surface area contributed by atoms with Crippen LogP contribution < -0.4 is 14.9 Å². The van der Waals surface area contributed by atoms with Crippen molar-refractivity contribution in [3.63, 3.8) is 0 Å². The van der Waals surface area contributed by atoms with Gasteiger partial charge in [0.05, 0.1) is 29.9 Å². The van der Waals surface area contributed by atoms with Crippen molar-refractivity contribution in [3.05, 3.63) is 137 Å². The third kappa shape index (κ3) is 13.5. The third-order valence-corrected chi connectivity index (χ3v) is 17.1. The molecule has 0 saturated carbocycles. The zero-order valence-corrected chi connectivity index (χ0v) is 41.4. The molecule has 1 unspecified atom stereocenters. The number of amides is 1. The van der Waals surface area contributed by atoms with Gasteiger partial charge in [0, 0.05) is 72.8 Å².